The Labute approximate surface area is 105 Å². The summed E-state index contributed by atoms with van der Waals surface area (Å²) in [4.78, 5) is 16.5. The third kappa shape index (κ3) is 3.96. The van der Waals surface area contributed by atoms with Crippen LogP contribution in [0.5, 0.6) is 0 Å². The number of aliphatic hydroxyl groups excluding tert-OH is 1. The highest BCUT2D eigenvalue weighted by molar-refractivity contribution is 5.82. The lowest BCUT2D eigenvalue weighted by Crippen LogP contribution is -2.45. The van der Waals surface area contributed by atoms with E-state index < -0.39 is 0 Å². The van der Waals surface area contributed by atoms with Gasteiger partial charge in [-0.05, 0) is 25.3 Å². The zero-order valence-electron chi connectivity index (χ0n) is 11.5. The van der Waals surface area contributed by atoms with E-state index >= 15 is 0 Å². The van der Waals surface area contributed by atoms with Crippen molar-refractivity contribution in [3.05, 3.63) is 0 Å². The van der Waals surface area contributed by atoms with Gasteiger partial charge in [0.15, 0.2) is 0 Å². The molecule has 2 atom stereocenters. The van der Waals surface area contributed by atoms with Gasteiger partial charge in [0.25, 0.3) is 0 Å². The van der Waals surface area contributed by atoms with Crippen molar-refractivity contribution in [2.75, 3.05) is 33.3 Å². The van der Waals surface area contributed by atoms with Gasteiger partial charge in [-0.15, -0.1) is 0 Å². The molecule has 2 unspecified atom stereocenters. The first-order chi connectivity index (χ1) is 7.95. The Kier molecular flexibility index (Phi) is 5.40. The molecule has 4 nitrogen and oxygen atoms in total. The first-order valence-electron chi connectivity index (χ1n) is 6.55. The van der Waals surface area contributed by atoms with E-state index in [9.17, 15) is 4.79 Å². The van der Waals surface area contributed by atoms with Crippen LogP contribution in [0.25, 0.3) is 0 Å². The van der Waals surface area contributed by atoms with Crippen LogP contribution < -0.4 is 0 Å². The summed E-state index contributed by atoms with van der Waals surface area (Å²) < 4.78 is 0. The standard InChI is InChI=1S/C13H26N2O2/c1-10(2)7-15-9-11(3)8-14(4)12(5-6-16)13(15)17/h10-12,16H,5-9H2,1-4H3. The average molecular weight is 242 g/mol. The second-order valence-electron chi connectivity index (χ2n) is 5.71. The van der Waals surface area contributed by atoms with Crippen LogP contribution in [0, 0.1) is 11.8 Å². The Balaban J connectivity index is 2.80. The molecule has 1 rings (SSSR count). The third-order valence-electron chi connectivity index (χ3n) is 3.25. The molecule has 1 heterocycles. The van der Waals surface area contributed by atoms with E-state index in [1.54, 1.807) is 0 Å². The Hall–Kier alpha value is -0.610. The van der Waals surface area contributed by atoms with Crippen LogP contribution in [0.15, 0.2) is 0 Å². The predicted octanol–water partition coefficient (Wildman–Crippen LogP) is 0.804. The van der Waals surface area contributed by atoms with Gasteiger partial charge < -0.3 is 10.0 Å². The van der Waals surface area contributed by atoms with Gasteiger partial charge in [-0.25, -0.2) is 0 Å². The molecule has 1 N–H and O–H groups in total. The first kappa shape index (κ1) is 14.5. The van der Waals surface area contributed by atoms with Crippen molar-refractivity contribution in [1.29, 1.82) is 0 Å². The first-order valence-corrected chi connectivity index (χ1v) is 6.55. The summed E-state index contributed by atoms with van der Waals surface area (Å²) in [5.41, 5.74) is 0. The van der Waals surface area contributed by atoms with Crippen LogP contribution in [0.2, 0.25) is 0 Å². The number of hydrogen-bond donors (Lipinski definition) is 1. The van der Waals surface area contributed by atoms with Gasteiger partial charge in [0.1, 0.15) is 0 Å². The molecule has 0 spiro atoms. The molecule has 0 aliphatic carbocycles. The number of amides is 1. The van der Waals surface area contributed by atoms with Gasteiger partial charge in [0, 0.05) is 26.2 Å². The molecule has 1 saturated heterocycles. The van der Waals surface area contributed by atoms with Gasteiger partial charge in [-0.1, -0.05) is 20.8 Å². The fraction of sp³-hybridized carbons (Fsp3) is 0.923. The van der Waals surface area contributed by atoms with Gasteiger partial charge in [-0.3, -0.25) is 9.69 Å². The largest absolute Gasteiger partial charge is 0.396 e. The highest BCUT2D eigenvalue weighted by atomic mass is 16.3. The second-order valence-corrected chi connectivity index (χ2v) is 5.71. The van der Waals surface area contributed by atoms with Crippen LogP contribution in [0.4, 0.5) is 0 Å². The van der Waals surface area contributed by atoms with E-state index in [-0.39, 0.29) is 18.6 Å². The number of nitrogens with zero attached hydrogens (tertiary/aromatic N) is 2. The number of hydrogen-bond acceptors (Lipinski definition) is 3. The molecule has 0 bridgehead atoms. The molecule has 0 radical (unpaired) electrons. The molecule has 1 aliphatic rings. The predicted molar refractivity (Wildman–Crippen MR) is 68.7 cm³/mol. The highest BCUT2D eigenvalue weighted by Crippen LogP contribution is 2.17. The Morgan fingerprint density at radius 3 is 2.59 bits per heavy atom. The lowest BCUT2D eigenvalue weighted by molar-refractivity contribution is -0.136. The van der Waals surface area contributed by atoms with Crippen molar-refractivity contribution >= 4 is 5.91 Å². The van der Waals surface area contributed by atoms with Crippen LogP contribution in [-0.2, 0) is 4.79 Å². The van der Waals surface area contributed by atoms with Gasteiger partial charge >= 0.3 is 0 Å². The molecule has 4 heteroatoms. The Morgan fingerprint density at radius 1 is 1.41 bits per heavy atom. The van der Waals surface area contributed by atoms with Crippen LogP contribution >= 0.6 is 0 Å². The van der Waals surface area contributed by atoms with Crippen molar-refractivity contribution in [3.8, 4) is 0 Å². The fourth-order valence-corrected chi connectivity index (χ4v) is 2.61. The molecule has 17 heavy (non-hydrogen) atoms. The summed E-state index contributed by atoms with van der Waals surface area (Å²) in [5, 5.41) is 9.08. The third-order valence-corrected chi connectivity index (χ3v) is 3.25. The highest BCUT2D eigenvalue weighted by Gasteiger charge is 2.32. The summed E-state index contributed by atoms with van der Waals surface area (Å²) in [5.74, 6) is 1.16. The van der Waals surface area contributed by atoms with E-state index in [2.05, 4.69) is 25.7 Å². The van der Waals surface area contributed by atoms with E-state index in [4.69, 9.17) is 5.11 Å². The smallest absolute Gasteiger partial charge is 0.240 e. The van der Waals surface area contributed by atoms with Gasteiger partial charge in [-0.2, -0.15) is 0 Å². The maximum absolute atomic E-state index is 12.4. The fourth-order valence-electron chi connectivity index (χ4n) is 2.61. The number of carbonyl (C=O) groups is 1. The SMILES string of the molecule is CC(C)CN1CC(C)CN(C)C(CCO)C1=O. The van der Waals surface area contributed by atoms with E-state index in [1.165, 1.54) is 0 Å². The summed E-state index contributed by atoms with van der Waals surface area (Å²) in [6.07, 6.45) is 0.538. The number of likely N-dealkylation sites (N-methyl/N-ethyl adjacent to an activating group) is 1. The van der Waals surface area contributed by atoms with E-state index in [1.807, 2.05) is 11.9 Å². The van der Waals surface area contributed by atoms with Crippen LogP contribution in [0.3, 0.4) is 0 Å². The normalized spacial score (nSPS) is 27.6. The molecule has 0 aromatic rings. The average Bonchev–Trinajstić information content (AvgIpc) is 2.30. The van der Waals surface area contributed by atoms with Crippen molar-refractivity contribution < 1.29 is 9.90 Å². The van der Waals surface area contributed by atoms with Crippen molar-refractivity contribution in [2.45, 2.75) is 33.2 Å². The second kappa shape index (κ2) is 6.36. The molecular weight excluding hydrogens is 216 g/mol. The summed E-state index contributed by atoms with van der Waals surface area (Å²) in [6.45, 7) is 9.09. The van der Waals surface area contributed by atoms with Gasteiger partial charge in [0.05, 0.1) is 6.04 Å². The number of carbonyl (C=O) groups excluding carboxylic acids is 1. The monoisotopic (exact) mass is 242 g/mol. The zero-order chi connectivity index (χ0) is 13.0. The van der Waals surface area contributed by atoms with Crippen molar-refractivity contribution in [3.63, 3.8) is 0 Å². The maximum Gasteiger partial charge on any atom is 0.240 e. The number of rotatable bonds is 4. The molecule has 1 fully saturated rings. The zero-order valence-corrected chi connectivity index (χ0v) is 11.5. The summed E-state index contributed by atoms with van der Waals surface area (Å²) in [6, 6.07) is -0.149. The quantitative estimate of drug-likeness (QED) is 0.793. The minimum Gasteiger partial charge on any atom is -0.396 e. The van der Waals surface area contributed by atoms with Crippen LogP contribution in [0.1, 0.15) is 27.2 Å². The summed E-state index contributed by atoms with van der Waals surface area (Å²) >= 11 is 0. The number of aliphatic hydroxyl groups is 1. The Bertz CT molecular complexity index is 256. The molecule has 1 amide bonds. The minimum atomic E-state index is -0.149. The molecule has 1 aliphatic heterocycles. The summed E-state index contributed by atoms with van der Waals surface area (Å²) in [7, 11) is 1.98. The lowest BCUT2D eigenvalue weighted by Gasteiger charge is -2.28. The Morgan fingerprint density at radius 2 is 2.06 bits per heavy atom. The van der Waals surface area contributed by atoms with Crippen molar-refractivity contribution in [2.24, 2.45) is 11.8 Å². The molecule has 0 aromatic carbocycles. The topological polar surface area (TPSA) is 43.8 Å². The van der Waals surface area contributed by atoms with Gasteiger partial charge in [0.2, 0.25) is 5.91 Å². The molecule has 0 aromatic heterocycles. The van der Waals surface area contributed by atoms with Crippen LogP contribution in [-0.4, -0.2) is 60.1 Å². The lowest BCUT2D eigenvalue weighted by atomic mass is 10.1. The van der Waals surface area contributed by atoms with E-state index in [0.717, 1.165) is 19.6 Å². The maximum atomic E-state index is 12.4. The van der Waals surface area contributed by atoms with E-state index in [0.29, 0.717) is 18.3 Å². The molecule has 100 valence electrons. The molecular formula is C13H26N2O2. The minimum absolute atomic E-state index is 0.0741. The molecule has 0 saturated carbocycles. The van der Waals surface area contributed by atoms with Crippen molar-refractivity contribution in [1.82, 2.24) is 9.80 Å².